The highest BCUT2D eigenvalue weighted by molar-refractivity contribution is 7.07. The van der Waals surface area contributed by atoms with Crippen molar-refractivity contribution in [3.63, 3.8) is 0 Å². The van der Waals surface area contributed by atoms with Crippen molar-refractivity contribution in [1.29, 1.82) is 0 Å². The molecule has 1 aromatic carbocycles. The molecule has 1 saturated heterocycles. The van der Waals surface area contributed by atoms with Gasteiger partial charge in [-0.3, -0.25) is 4.79 Å². The number of hydrogen-bond donors (Lipinski definition) is 0. The smallest absolute Gasteiger partial charge is 0.253 e. The lowest BCUT2D eigenvalue weighted by Gasteiger charge is -2.32. The van der Waals surface area contributed by atoms with Gasteiger partial charge in [0.2, 0.25) is 0 Å². The summed E-state index contributed by atoms with van der Waals surface area (Å²) in [4.78, 5) is 24.0. The van der Waals surface area contributed by atoms with Crippen LogP contribution in [0.2, 0.25) is 0 Å². The lowest BCUT2D eigenvalue weighted by atomic mass is 9.96. The molecule has 0 radical (unpaired) electrons. The number of likely N-dealkylation sites (tertiary alicyclic amines) is 1. The zero-order valence-corrected chi connectivity index (χ0v) is 16.1. The number of piperidine rings is 1. The first-order chi connectivity index (χ1) is 13.8. The first-order valence-electron chi connectivity index (χ1n) is 9.42. The Balaban J connectivity index is 1.35. The maximum Gasteiger partial charge on any atom is 0.253 e. The number of benzene rings is 1. The number of imidazole rings is 1. The van der Waals surface area contributed by atoms with Crippen molar-refractivity contribution in [2.75, 3.05) is 13.1 Å². The molecule has 1 unspecified atom stereocenters. The number of hydrogen-bond acceptors (Lipinski definition) is 5. The molecule has 0 saturated carbocycles. The first-order valence-corrected chi connectivity index (χ1v) is 10.4. The average Bonchev–Trinajstić information content (AvgIpc) is 3.49. The van der Waals surface area contributed by atoms with Gasteiger partial charge in [0.25, 0.3) is 5.91 Å². The SMILES string of the molecule is O=C(c1ccc2occc2c1)N1CCCC(c2nccn2Cc2cscn2)C1. The van der Waals surface area contributed by atoms with Gasteiger partial charge in [0.05, 0.1) is 24.0 Å². The highest BCUT2D eigenvalue weighted by Crippen LogP contribution is 2.28. The molecule has 4 aromatic rings. The van der Waals surface area contributed by atoms with Gasteiger partial charge in [0.15, 0.2) is 0 Å². The van der Waals surface area contributed by atoms with Crippen molar-refractivity contribution in [3.8, 4) is 0 Å². The summed E-state index contributed by atoms with van der Waals surface area (Å²) in [5.41, 5.74) is 4.41. The van der Waals surface area contributed by atoms with Gasteiger partial charge < -0.3 is 13.9 Å². The van der Waals surface area contributed by atoms with Crippen molar-refractivity contribution in [1.82, 2.24) is 19.4 Å². The maximum atomic E-state index is 13.1. The second-order valence-corrected chi connectivity index (χ2v) is 7.88. The molecule has 3 aromatic heterocycles. The third-order valence-corrected chi connectivity index (χ3v) is 5.97. The van der Waals surface area contributed by atoms with E-state index in [2.05, 4.69) is 19.9 Å². The number of amides is 1. The van der Waals surface area contributed by atoms with Crippen molar-refractivity contribution >= 4 is 28.2 Å². The summed E-state index contributed by atoms with van der Waals surface area (Å²) in [6.45, 7) is 2.20. The standard InChI is InChI=1S/C21H20N4O2S/c26-21(16-3-4-19-15(10-16)5-9-27-19)25-7-1-2-17(11-25)20-22-6-8-24(20)12-18-13-28-14-23-18/h3-6,8-10,13-14,17H,1-2,7,11-12H2. The molecule has 4 heterocycles. The Morgan fingerprint density at radius 2 is 2.25 bits per heavy atom. The van der Waals surface area contributed by atoms with Gasteiger partial charge in [-0.25, -0.2) is 9.97 Å². The highest BCUT2D eigenvalue weighted by atomic mass is 32.1. The van der Waals surface area contributed by atoms with Crippen molar-refractivity contribution in [2.45, 2.75) is 25.3 Å². The molecule has 28 heavy (non-hydrogen) atoms. The van der Waals surface area contributed by atoms with Crippen LogP contribution in [0.25, 0.3) is 11.0 Å². The lowest BCUT2D eigenvalue weighted by molar-refractivity contribution is 0.0703. The van der Waals surface area contributed by atoms with Gasteiger partial charge in [-0.1, -0.05) is 0 Å². The predicted octanol–water partition coefficient (Wildman–Crippen LogP) is 4.15. The fraction of sp³-hybridized carbons (Fsp3) is 0.286. The van der Waals surface area contributed by atoms with Gasteiger partial charge in [0, 0.05) is 47.7 Å². The number of aromatic nitrogens is 3. The highest BCUT2D eigenvalue weighted by Gasteiger charge is 2.28. The van der Waals surface area contributed by atoms with E-state index in [0.717, 1.165) is 48.4 Å². The summed E-state index contributed by atoms with van der Waals surface area (Å²) in [7, 11) is 0. The van der Waals surface area contributed by atoms with E-state index >= 15 is 0 Å². The largest absolute Gasteiger partial charge is 0.464 e. The number of thiazole rings is 1. The average molecular weight is 392 g/mol. The second-order valence-electron chi connectivity index (χ2n) is 7.16. The van der Waals surface area contributed by atoms with E-state index in [0.29, 0.717) is 12.1 Å². The maximum absolute atomic E-state index is 13.1. The van der Waals surface area contributed by atoms with Crippen LogP contribution in [-0.4, -0.2) is 38.4 Å². The molecule has 1 atom stereocenters. The molecule has 1 fully saturated rings. The molecule has 1 aliphatic rings. The fourth-order valence-corrected chi connectivity index (χ4v) is 4.51. The normalized spacial score (nSPS) is 17.3. The van der Waals surface area contributed by atoms with E-state index in [1.165, 1.54) is 0 Å². The third-order valence-electron chi connectivity index (χ3n) is 5.34. The quantitative estimate of drug-likeness (QED) is 0.523. The van der Waals surface area contributed by atoms with E-state index in [1.54, 1.807) is 17.6 Å². The number of carbonyl (C=O) groups excluding carboxylic acids is 1. The third kappa shape index (κ3) is 3.22. The summed E-state index contributed by atoms with van der Waals surface area (Å²) in [6, 6.07) is 7.51. The molecule has 7 heteroatoms. The van der Waals surface area contributed by atoms with E-state index in [4.69, 9.17) is 4.42 Å². The number of nitrogens with zero attached hydrogens (tertiary/aromatic N) is 4. The minimum absolute atomic E-state index is 0.0745. The Kier molecular flexibility index (Phi) is 4.44. The van der Waals surface area contributed by atoms with Crippen molar-refractivity contribution in [2.24, 2.45) is 0 Å². The topological polar surface area (TPSA) is 64.2 Å². The Morgan fingerprint density at radius 1 is 1.29 bits per heavy atom. The summed E-state index contributed by atoms with van der Waals surface area (Å²) in [5, 5.41) is 3.02. The van der Waals surface area contributed by atoms with Crippen LogP contribution >= 0.6 is 11.3 Å². The summed E-state index contributed by atoms with van der Waals surface area (Å²) < 4.78 is 7.54. The summed E-state index contributed by atoms with van der Waals surface area (Å²) >= 11 is 1.60. The Labute approximate surface area is 166 Å². The van der Waals surface area contributed by atoms with Gasteiger partial charge in [0.1, 0.15) is 11.4 Å². The van der Waals surface area contributed by atoms with Crippen LogP contribution in [0.3, 0.4) is 0 Å². The molecule has 6 nitrogen and oxygen atoms in total. The van der Waals surface area contributed by atoms with Crippen LogP contribution < -0.4 is 0 Å². The van der Waals surface area contributed by atoms with Gasteiger partial charge >= 0.3 is 0 Å². The van der Waals surface area contributed by atoms with E-state index in [9.17, 15) is 4.79 Å². The van der Waals surface area contributed by atoms with Crippen molar-refractivity contribution in [3.05, 3.63) is 70.9 Å². The van der Waals surface area contributed by atoms with Crippen LogP contribution in [-0.2, 0) is 6.54 Å². The molecular weight excluding hydrogens is 372 g/mol. The Hall–Kier alpha value is -2.93. The second kappa shape index (κ2) is 7.24. The van der Waals surface area contributed by atoms with Crippen LogP contribution in [0.4, 0.5) is 0 Å². The Morgan fingerprint density at radius 3 is 3.14 bits per heavy atom. The monoisotopic (exact) mass is 392 g/mol. The molecule has 0 N–H and O–H groups in total. The molecule has 0 bridgehead atoms. The number of fused-ring (bicyclic) bond motifs is 1. The molecule has 1 aliphatic heterocycles. The van der Waals surface area contributed by atoms with E-state index in [1.807, 2.05) is 47.1 Å². The Bertz CT molecular complexity index is 1100. The minimum Gasteiger partial charge on any atom is -0.464 e. The number of furan rings is 1. The van der Waals surface area contributed by atoms with Gasteiger partial charge in [-0.05, 0) is 37.1 Å². The minimum atomic E-state index is 0.0745. The summed E-state index contributed by atoms with van der Waals surface area (Å²) in [5.74, 6) is 1.35. The van der Waals surface area contributed by atoms with Crippen LogP contribution in [0.5, 0.6) is 0 Å². The lowest BCUT2D eigenvalue weighted by Crippen LogP contribution is -2.39. The van der Waals surface area contributed by atoms with E-state index < -0.39 is 0 Å². The van der Waals surface area contributed by atoms with Crippen molar-refractivity contribution < 1.29 is 9.21 Å². The van der Waals surface area contributed by atoms with Crippen LogP contribution in [0, 0.1) is 0 Å². The number of rotatable bonds is 4. The molecule has 5 rings (SSSR count). The van der Waals surface area contributed by atoms with Crippen LogP contribution in [0.1, 0.15) is 40.6 Å². The molecule has 142 valence electrons. The molecular formula is C21H20N4O2S. The summed E-state index contributed by atoms with van der Waals surface area (Å²) in [6.07, 6.45) is 7.52. The zero-order valence-electron chi connectivity index (χ0n) is 15.3. The number of carbonyl (C=O) groups is 1. The van der Waals surface area contributed by atoms with Gasteiger partial charge in [-0.2, -0.15) is 0 Å². The fourth-order valence-electron chi connectivity index (χ4n) is 3.96. The zero-order chi connectivity index (χ0) is 18.9. The first kappa shape index (κ1) is 17.2. The van der Waals surface area contributed by atoms with Crippen LogP contribution in [0.15, 0.2) is 58.2 Å². The molecule has 1 amide bonds. The molecule has 0 aliphatic carbocycles. The molecule has 0 spiro atoms. The predicted molar refractivity (Wildman–Crippen MR) is 108 cm³/mol. The van der Waals surface area contributed by atoms with Gasteiger partial charge in [-0.15, -0.1) is 11.3 Å². The van der Waals surface area contributed by atoms with E-state index in [-0.39, 0.29) is 11.8 Å².